The van der Waals surface area contributed by atoms with Gasteiger partial charge in [0.15, 0.2) is 0 Å². The molecule has 1 aromatic rings. The number of amides is 1. The number of nitrogens with one attached hydrogen (secondary N) is 1. The first kappa shape index (κ1) is 15.3. The van der Waals surface area contributed by atoms with Gasteiger partial charge < -0.3 is 10.4 Å². The molecule has 0 spiro atoms. The maximum atomic E-state index is 13.0. The molecule has 0 atom stereocenters. The van der Waals surface area contributed by atoms with Gasteiger partial charge in [-0.15, -0.1) is 0 Å². The summed E-state index contributed by atoms with van der Waals surface area (Å²) in [6.45, 7) is 0. The van der Waals surface area contributed by atoms with Crippen molar-refractivity contribution in [3.8, 4) is 0 Å². The van der Waals surface area contributed by atoms with E-state index in [9.17, 15) is 14.3 Å². The number of halogens is 2. The van der Waals surface area contributed by atoms with Crippen molar-refractivity contribution in [1.29, 1.82) is 0 Å². The average Bonchev–Trinajstić information content (AvgIpc) is 2.43. The lowest BCUT2D eigenvalue weighted by molar-refractivity contribution is -0.122. The zero-order valence-electron chi connectivity index (χ0n) is 11.2. The summed E-state index contributed by atoms with van der Waals surface area (Å²) in [5.41, 5.74) is 0.852. The molecule has 0 saturated heterocycles. The molecule has 0 aromatic heterocycles. The van der Waals surface area contributed by atoms with Gasteiger partial charge in [-0.25, -0.2) is 4.39 Å². The van der Waals surface area contributed by atoms with Crippen LogP contribution in [-0.4, -0.2) is 23.2 Å². The molecule has 20 heavy (non-hydrogen) atoms. The second-order valence-corrected chi connectivity index (χ2v) is 5.73. The fourth-order valence-electron chi connectivity index (χ4n) is 2.47. The van der Waals surface area contributed by atoms with Gasteiger partial charge in [0.1, 0.15) is 5.82 Å². The van der Waals surface area contributed by atoms with Crippen molar-refractivity contribution in [2.45, 2.75) is 50.7 Å². The quantitative estimate of drug-likeness (QED) is 0.898. The molecule has 1 saturated carbocycles. The third-order valence-corrected chi connectivity index (χ3v) is 3.98. The molecule has 1 amide bonds. The van der Waals surface area contributed by atoms with Gasteiger partial charge >= 0.3 is 0 Å². The maximum Gasteiger partial charge on any atom is 0.220 e. The van der Waals surface area contributed by atoms with Crippen LogP contribution in [0.2, 0.25) is 5.02 Å². The minimum absolute atomic E-state index is 0.00756. The highest BCUT2D eigenvalue weighted by Gasteiger charge is 2.20. The van der Waals surface area contributed by atoms with Crippen LogP contribution in [0.25, 0.3) is 0 Å². The number of hydrogen-bond donors (Lipinski definition) is 2. The Morgan fingerprint density at radius 1 is 1.35 bits per heavy atom. The van der Waals surface area contributed by atoms with Gasteiger partial charge in [0.25, 0.3) is 0 Å². The van der Waals surface area contributed by atoms with E-state index in [2.05, 4.69) is 5.32 Å². The highest BCUT2D eigenvalue weighted by atomic mass is 35.5. The van der Waals surface area contributed by atoms with E-state index in [-0.39, 0.29) is 23.1 Å². The second-order valence-electron chi connectivity index (χ2n) is 5.32. The van der Waals surface area contributed by atoms with E-state index >= 15 is 0 Å². The van der Waals surface area contributed by atoms with Crippen molar-refractivity contribution in [3.63, 3.8) is 0 Å². The SMILES string of the molecule is O=C(CCc1ccc(F)c(Cl)c1)NC1CCC(O)CC1. The predicted octanol–water partition coefficient (Wildman–Crippen LogP) is 2.83. The van der Waals surface area contributed by atoms with Crippen molar-refractivity contribution < 1.29 is 14.3 Å². The van der Waals surface area contributed by atoms with E-state index < -0.39 is 5.82 Å². The van der Waals surface area contributed by atoms with Crippen LogP contribution in [-0.2, 0) is 11.2 Å². The predicted molar refractivity (Wildman–Crippen MR) is 76.1 cm³/mol. The molecular formula is C15H19ClFNO2. The Hall–Kier alpha value is -1.13. The number of aliphatic hydroxyl groups excluding tert-OH is 1. The molecule has 2 rings (SSSR count). The Kier molecular flexibility index (Phi) is 5.38. The standard InChI is InChI=1S/C15H19ClFNO2/c16-13-9-10(1-7-14(13)17)2-8-15(20)18-11-3-5-12(19)6-4-11/h1,7,9,11-12,19H,2-6,8H2,(H,18,20). The molecule has 110 valence electrons. The molecule has 2 N–H and O–H groups in total. The van der Waals surface area contributed by atoms with Gasteiger partial charge in [-0.3, -0.25) is 4.79 Å². The summed E-state index contributed by atoms with van der Waals surface area (Å²) >= 11 is 5.70. The zero-order valence-corrected chi connectivity index (χ0v) is 12.0. The number of carbonyl (C=O) groups excluding carboxylic acids is 1. The van der Waals surface area contributed by atoms with Gasteiger partial charge in [-0.2, -0.15) is 0 Å². The monoisotopic (exact) mass is 299 g/mol. The minimum atomic E-state index is -0.444. The van der Waals surface area contributed by atoms with E-state index in [1.54, 1.807) is 12.1 Å². The Balaban J connectivity index is 1.76. The van der Waals surface area contributed by atoms with Crippen LogP contribution in [0.15, 0.2) is 18.2 Å². The molecule has 0 radical (unpaired) electrons. The molecule has 0 heterocycles. The number of rotatable bonds is 4. The summed E-state index contributed by atoms with van der Waals surface area (Å²) in [4.78, 5) is 11.8. The van der Waals surface area contributed by atoms with Crippen LogP contribution < -0.4 is 5.32 Å². The van der Waals surface area contributed by atoms with Crippen molar-refractivity contribution in [1.82, 2.24) is 5.32 Å². The third-order valence-electron chi connectivity index (χ3n) is 3.69. The highest BCUT2D eigenvalue weighted by molar-refractivity contribution is 6.30. The van der Waals surface area contributed by atoms with Gasteiger partial charge in [-0.1, -0.05) is 17.7 Å². The van der Waals surface area contributed by atoms with E-state index in [0.29, 0.717) is 12.8 Å². The Labute approximate surface area is 123 Å². The molecular weight excluding hydrogens is 281 g/mol. The molecule has 1 fully saturated rings. The normalized spacial score (nSPS) is 22.6. The molecule has 1 aromatic carbocycles. The van der Waals surface area contributed by atoms with E-state index in [1.165, 1.54) is 6.07 Å². The van der Waals surface area contributed by atoms with Crippen LogP contribution in [0.4, 0.5) is 4.39 Å². The maximum absolute atomic E-state index is 13.0. The lowest BCUT2D eigenvalue weighted by atomic mass is 9.93. The highest BCUT2D eigenvalue weighted by Crippen LogP contribution is 2.19. The van der Waals surface area contributed by atoms with Gasteiger partial charge in [-0.05, 0) is 49.8 Å². The first-order valence-corrected chi connectivity index (χ1v) is 7.34. The first-order valence-electron chi connectivity index (χ1n) is 6.96. The largest absolute Gasteiger partial charge is 0.393 e. The summed E-state index contributed by atoms with van der Waals surface area (Å²) in [6.07, 6.45) is 3.84. The molecule has 3 nitrogen and oxygen atoms in total. The molecule has 0 bridgehead atoms. The Bertz CT molecular complexity index is 473. The molecule has 1 aliphatic carbocycles. The fraction of sp³-hybridized carbons (Fsp3) is 0.533. The van der Waals surface area contributed by atoms with Crippen LogP contribution in [0.5, 0.6) is 0 Å². The van der Waals surface area contributed by atoms with Crippen molar-refractivity contribution in [2.75, 3.05) is 0 Å². The minimum Gasteiger partial charge on any atom is -0.393 e. The van der Waals surface area contributed by atoms with E-state index in [4.69, 9.17) is 11.6 Å². The van der Waals surface area contributed by atoms with Crippen LogP contribution in [0, 0.1) is 5.82 Å². The summed E-state index contributed by atoms with van der Waals surface area (Å²) in [7, 11) is 0. The topological polar surface area (TPSA) is 49.3 Å². The summed E-state index contributed by atoms with van der Waals surface area (Å²) in [5, 5.41) is 12.5. The third kappa shape index (κ3) is 4.46. The molecule has 1 aliphatic rings. The number of aliphatic hydroxyl groups is 1. The molecule has 0 unspecified atom stereocenters. The van der Waals surface area contributed by atoms with Crippen molar-refractivity contribution >= 4 is 17.5 Å². The van der Waals surface area contributed by atoms with Gasteiger partial charge in [0, 0.05) is 12.5 Å². The van der Waals surface area contributed by atoms with Gasteiger partial charge in [0.05, 0.1) is 11.1 Å². The lowest BCUT2D eigenvalue weighted by Gasteiger charge is -2.26. The molecule has 5 heteroatoms. The van der Waals surface area contributed by atoms with Gasteiger partial charge in [0.2, 0.25) is 5.91 Å². The van der Waals surface area contributed by atoms with Crippen LogP contribution in [0.1, 0.15) is 37.7 Å². The van der Waals surface area contributed by atoms with Crippen molar-refractivity contribution in [2.24, 2.45) is 0 Å². The smallest absolute Gasteiger partial charge is 0.220 e. The lowest BCUT2D eigenvalue weighted by Crippen LogP contribution is -2.38. The average molecular weight is 300 g/mol. The summed E-state index contributed by atoms with van der Waals surface area (Å²) < 4.78 is 13.0. The Morgan fingerprint density at radius 3 is 2.70 bits per heavy atom. The fourth-order valence-corrected chi connectivity index (χ4v) is 2.68. The second kappa shape index (κ2) is 7.04. The summed E-state index contributed by atoms with van der Waals surface area (Å²) in [6, 6.07) is 4.69. The van der Waals surface area contributed by atoms with Crippen LogP contribution in [0.3, 0.4) is 0 Å². The zero-order chi connectivity index (χ0) is 14.5. The number of benzene rings is 1. The Morgan fingerprint density at radius 2 is 2.05 bits per heavy atom. The number of aryl methyl sites for hydroxylation is 1. The first-order chi connectivity index (χ1) is 9.54. The molecule has 0 aliphatic heterocycles. The van der Waals surface area contributed by atoms with E-state index in [0.717, 1.165) is 31.2 Å². The summed E-state index contributed by atoms with van der Waals surface area (Å²) in [5.74, 6) is -0.451. The van der Waals surface area contributed by atoms with Crippen LogP contribution >= 0.6 is 11.6 Å². The number of hydrogen-bond acceptors (Lipinski definition) is 2. The van der Waals surface area contributed by atoms with E-state index in [1.807, 2.05) is 0 Å². The number of carbonyl (C=O) groups is 1. The van der Waals surface area contributed by atoms with Crippen molar-refractivity contribution in [3.05, 3.63) is 34.6 Å².